The molecule has 1 fully saturated rings. The van der Waals surface area contributed by atoms with Crippen LogP contribution in [0.2, 0.25) is 0 Å². The largest absolute Gasteiger partial charge is 0.352 e. The third-order valence-corrected chi connectivity index (χ3v) is 4.40. The van der Waals surface area contributed by atoms with E-state index in [2.05, 4.69) is 58.3 Å². The van der Waals surface area contributed by atoms with Crippen molar-refractivity contribution in [3.8, 4) is 5.69 Å². The van der Waals surface area contributed by atoms with Gasteiger partial charge in [-0.2, -0.15) is 0 Å². The highest BCUT2D eigenvalue weighted by atomic mass is 15.3. The number of nitrogens with one attached hydrogen (secondary N) is 1. The second-order valence-electron chi connectivity index (χ2n) is 6.84. The summed E-state index contributed by atoms with van der Waals surface area (Å²) in [6, 6.07) is 8.37. The maximum Gasteiger partial charge on any atom is 0.193 e. The first-order valence-electron chi connectivity index (χ1n) is 8.11. The van der Waals surface area contributed by atoms with Gasteiger partial charge < -0.3 is 14.8 Å². The number of para-hydroxylation sites is 1. The Kier molecular flexibility index (Phi) is 4.37. The first-order chi connectivity index (χ1) is 11.1. The zero-order valence-corrected chi connectivity index (χ0v) is 14.2. The van der Waals surface area contributed by atoms with Gasteiger partial charge in [-0.1, -0.05) is 32.0 Å². The van der Waals surface area contributed by atoms with Gasteiger partial charge in [-0.15, -0.1) is 0 Å². The molecular weight excluding hydrogens is 286 g/mol. The van der Waals surface area contributed by atoms with Crippen molar-refractivity contribution in [1.82, 2.24) is 19.8 Å². The number of aliphatic imine (C=N–C) groups is 1. The topological polar surface area (TPSA) is 45.5 Å². The summed E-state index contributed by atoms with van der Waals surface area (Å²) in [5, 5.41) is 3.51. The van der Waals surface area contributed by atoms with Crippen LogP contribution in [-0.2, 0) is 6.54 Å². The highest BCUT2D eigenvalue weighted by Crippen LogP contribution is 2.28. The maximum atomic E-state index is 4.46. The zero-order valence-electron chi connectivity index (χ0n) is 14.2. The van der Waals surface area contributed by atoms with Crippen LogP contribution in [0, 0.1) is 5.41 Å². The molecule has 0 spiro atoms. The molecule has 0 aliphatic carbocycles. The highest BCUT2D eigenvalue weighted by Gasteiger charge is 2.30. The van der Waals surface area contributed by atoms with Gasteiger partial charge in [0.1, 0.15) is 0 Å². The predicted octanol–water partition coefficient (Wildman–Crippen LogP) is 2.68. The molecule has 1 aliphatic rings. The summed E-state index contributed by atoms with van der Waals surface area (Å²) in [4.78, 5) is 10.9. The molecule has 2 heterocycles. The van der Waals surface area contributed by atoms with E-state index in [1.165, 1.54) is 12.0 Å². The Bertz CT molecular complexity index is 672. The van der Waals surface area contributed by atoms with Crippen molar-refractivity contribution in [2.24, 2.45) is 10.4 Å². The number of nitrogens with zero attached hydrogens (tertiary/aromatic N) is 4. The lowest BCUT2D eigenvalue weighted by Gasteiger charge is -2.24. The van der Waals surface area contributed by atoms with Crippen molar-refractivity contribution in [1.29, 1.82) is 0 Å². The van der Waals surface area contributed by atoms with Crippen molar-refractivity contribution in [2.75, 3.05) is 20.1 Å². The Hall–Kier alpha value is -2.30. The minimum atomic E-state index is 0.367. The fourth-order valence-electron chi connectivity index (χ4n) is 3.11. The molecule has 23 heavy (non-hydrogen) atoms. The summed E-state index contributed by atoms with van der Waals surface area (Å²) >= 11 is 0. The quantitative estimate of drug-likeness (QED) is 0.700. The SMILES string of the molecule is CN=C(NCc1ccccc1-n1ccnc1)N1CCC(C)(C)C1. The van der Waals surface area contributed by atoms with Crippen LogP contribution in [0.15, 0.2) is 48.0 Å². The molecule has 1 aliphatic heterocycles. The Labute approximate surface area is 138 Å². The second-order valence-corrected chi connectivity index (χ2v) is 6.84. The summed E-state index contributed by atoms with van der Waals surface area (Å²) in [6.45, 7) is 7.49. The van der Waals surface area contributed by atoms with Crippen LogP contribution in [0.1, 0.15) is 25.8 Å². The molecule has 1 N–H and O–H groups in total. The smallest absolute Gasteiger partial charge is 0.193 e. The molecule has 0 amide bonds. The molecule has 2 aromatic rings. The molecule has 0 atom stereocenters. The van der Waals surface area contributed by atoms with Crippen LogP contribution in [0.5, 0.6) is 0 Å². The third-order valence-electron chi connectivity index (χ3n) is 4.40. The average Bonchev–Trinajstić information content (AvgIpc) is 3.18. The normalized spacial score (nSPS) is 17.5. The second kappa shape index (κ2) is 6.44. The van der Waals surface area contributed by atoms with Gasteiger partial charge >= 0.3 is 0 Å². The van der Waals surface area contributed by atoms with Gasteiger partial charge in [0.25, 0.3) is 0 Å². The van der Waals surface area contributed by atoms with Gasteiger partial charge in [0, 0.05) is 39.1 Å². The van der Waals surface area contributed by atoms with E-state index in [-0.39, 0.29) is 0 Å². The van der Waals surface area contributed by atoms with Crippen molar-refractivity contribution in [3.63, 3.8) is 0 Å². The van der Waals surface area contributed by atoms with Gasteiger partial charge in [0.15, 0.2) is 5.96 Å². The molecule has 0 radical (unpaired) electrons. The van der Waals surface area contributed by atoms with Gasteiger partial charge in [-0.25, -0.2) is 4.98 Å². The molecule has 5 nitrogen and oxygen atoms in total. The van der Waals surface area contributed by atoms with Gasteiger partial charge in [0.05, 0.1) is 12.0 Å². The summed E-state index contributed by atoms with van der Waals surface area (Å²) in [7, 11) is 1.86. The summed E-state index contributed by atoms with van der Waals surface area (Å²) < 4.78 is 2.04. The molecule has 0 bridgehead atoms. The van der Waals surface area contributed by atoms with Crippen molar-refractivity contribution in [2.45, 2.75) is 26.8 Å². The number of benzene rings is 1. The average molecular weight is 311 g/mol. The number of rotatable bonds is 3. The monoisotopic (exact) mass is 311 g/mol. The molecule has 1 aromatic heterocycles. The molecule has 0 saturated carbocycles. The van der Waals surface area contributed by atoms with Crippen LogP contribution in [0.3, 0.4) is 0 Å². The Morgan fingerprint density at radius 2 is 2.17 bits per heavy atom. The van der Waals surface area contributed by atoms with Crippen molar-refractivity contribution >= 4 is 5.96 Å². The van der Waals surface area contributed by atoms with Crippen LogP contribution in [-0.4, -0.2) is 40.5 Å². The highest BCUT2D eigenvalue weighted by molar-refractivity contribution is 5.80. The van der Waals surface area contributed by atoms with E-state index < -0.39 is 0 Å². The molecule has 5 heteroatoms. The summed E-state index contributed by atoms with van der Waals surface area (Å²) in [5.41, 5.74) is 2.74. The first kappa shape index (κ1) is 15.6. The lowest BCUT2D eigenvalue weighted by molar-refractivity contribution is 0.370. The standard InChI is InChI=1S/C18H25N5/c1-18(2)8-10-22(13-18)17(19-3)21-12-15-6-4-5-7-16(15)23-11-9-20-14-23/h4-7,9,11,14H,8,10,12-13H2,1-3H3,(H,19,21). The predicted molar refractivity (Wildman–Crippen MR) is 93.7 cm³/mol. The molecule has 122 valence electrons. The zero-order chi connectivity index (χ0) is 16.3. The van der Waals surface area contributed by atoms with Crippen molar-refractivity contribution < 1.29 is 0 Å². The molecule has 0 unspecified atom stereocenters. The Morgan fingerprint density at radius 3 is 2.83 bits per heavy atom. The molecule has 1 aromatic carbocycles. The van der Waals surface area contributed by atoms with E-state index >= 15 is 0 Å². The maximum absolute atomic E-state index is 4.46. The van der Waals surface area contributed by atoms with Crippen LogP contribution >= 0.6 is 0 Å². The van der Waals surface area contributed by atoms with Crippen LogP contribution in [0.25, 0.3) is 5.69 Å². The van der Waals surface area contributed by atoms with E-state index in [0.29, 0.717) is 5.41 Å². The van der Waals surface area contributed by atoms with Gasteiger partial charge in [-0.3, -0.25) is 4.99 Å². The molecule has 3 rings (SSSR count). The fourth-order valence-corrected chi connectivity index (χ4v) is 3.11. The van der Waals surface area contributed by atoms with E-state index in [9.17, 15) is 0 Å². The van der Waals surface area contributed by atoms with E-state index in [1.54, 1.807) is 6.20 Å². The third kappa shape index (κ3) is 3.55. The Balaban J connectivity index is 1.71. The van der Waals surface area contributed by atoms with E-state index in [1.807, 2.05) is 24.1 Å². The first-order valence-corrected chi connectivity index (χ1v) is 8.11. The van der Waals surface area contributed by atoms with E-state index in [0.717, 1.165) is 31.3 Å². The number of likely N-dealkylation sites (tertiary alicyclic amines) is 1. The molecular formula is C18H25N5. The minimum Gasteiger partial charge on any atom is -0.352 e. The molecule has 1 saturated heterocycles. The van der Waals surface area contributed by atoms with Crippen LogP contribution in [0.4, 0.5) is 0 Å². The Morgan fingerprint density at radius 1 is 1.35 bits per heavy atom. The lowest BCUT2D eigenvalue weighted by atomic mass is 9.93. The van der Waals surface area contributed by atoms with Crippen LogP contribution < -0.4 is 5.32 Å². The van der Waals surface area contributed by atoms with Gasteiger partial charge in [-0.05, 0) is 23.5 Å². The number of aromatic nitrogens is 2. The number of guanidine groups is 1. The summed E-state index contributed by atoms with van der Waals surface area (Å²) in [5.74, 6) is 0.982. The number of imidazole rings is 1. The summed E-state index contributed by atoms with van der Waals surface area (Å²) in [6.07, 6.45) is 6.81. The van der Waals surface area contributed by atoms with E-state index in [4.69, 9.17) is 0 Å². The number of hydrogen-bond acceptors (Lipinski definition) is 2. The van der Waals surface area contributed by atoms with Gasteiger partial charge in [0.2, 0.25) is 0 Å². The number of hydrogen-bond donors (Lipinski definition) is 1. The lowest BCUT2D eigenvalue weighted by Crippen LogP contribution is -2.40. The fraction of sp³-hybridized carbons (Fsp3) is 0.444. The minimum absolute atomic E-state index is 0.367. The van der Waals surface area contributed by atoms with Crippen molar-refractivity contribution in [3.05, 3.63) is 48.5 Å².